The van der Waals surface area contributed by atoms with Gasteiger partial charge in [0.2, 0.25) is 0 Å². The van der Waals surface area contributed by atoms with Crippen LogP contribution in [0.25, 0.3) is 10.9 Å². The van der Waals surface area contributed by atoms with Crippen LogP contribution in [0, 0.1) is 0 Å². The number of rotatable bonds is 6. The van der Waals surface area contributed by atoms with Crippen molar-refractivity contribution in [2.75, 3.05) is 46.4 Å². The Morgan fingerprint density at radius 1 is 1.00 bits per heavy atom. The molecular weight excluding hydrogens is 354 g/mol. The molecule has 6 nitrogen and oxygen atoms in total. The molecule has 0 saturated carbocycles. The fraction of sp³-hybridized carbons (Fsp3) is 0.318. The lowest BCUT2D eigenvalue weighted by Crippen LogP contribution is -2.49. The van der Waals surface area contributed by atoms with E-state index < -0.39 is 0 Å². The number of fused-ring (bicyclic) bond motifs is 1. The van der Waals surface area contributed by atoms with Gasteiger partial charge in [0.15, 0.2) is 0 Å². The van der Waals surface area contributed by atoms with Crippen molar-refractivity contribution in [2.45, 2.75) is 0 Å². The van der Waals surface area contributed by atoms with E-state index in [1.54, 1.807) is 7.11 Å². The van der Waals surface area contributed by atoms with Gasteiger partial charge >= 0.3 is 0 Å². The minimum absolute atomic E-state index is 0.0744. The first-order chi connectivity index (χ1) is 13.7. The molecule has 1 N–H and O–H groups in total. The third-order valence-corrected chi connectivity index (χ3v) is 5.16. The molecule has 0 spiro atoms. The van der Waals surface area contributed by atoms with E-state index in [0.29, 0.717) is 12.3 Å². The largest absolute Gasteiger partial charge is 0.497 e. The number of carbonyl (C=O) groups is 1. The summed E-state index contributed by atoms with van der Waals surface area (Å²) in [5.74, 6) is 1.74. The molecule has 1 aliphatic rings. The lowest BCUT2D eigenvalue weighted by molar-refractivity contribution is 0.0615. The second-order valence-electron chi connectivity index (χ2n) is 6.93. The minimum atomic E-state index is 0.0744. The lowest BCUT2D eigenvalue weighted by atomic mass is 10.2. The van der Waals surface area contributed by atoms with Gasteiger partial charge in [-0.2, -0.15) is 0 Å². The van der Waals surface area contributed by atoms with Crippen molar-refractivity contribution in [1.29, 1.82) is 0 Å². The summed E-state index contributed by atoms with van der Waals surface area (Å²) in [7, 11) is 1.65. The average Bonchev–Trinajstić information content (AvgIpc) is 3.18. The van der Waals surface area contributed by atoms with E-state index in [-0.39, 0.29) is 5.91 Å². The summed E-state index contributed by atoms with van der Waals surface area (Å²) in [5.41, 5.74) is 1.66. The Labute approximate surface area is 164 Å². The van der Waals surface area contributed by atoms with Gasteiger partial charge in [0.1, 0.15) is 23.8 Å². The zero-order valence-electron chi connectivity index (χ0n) is 16.1. The third-order valence-electron chi connectivity index (χ3n) is 5.16. The number of H-pyrrole nitrogens is 1. The van der Waals surface area contributed by atoms with Crippen molar-refractivity contribution in [3.63, 3.8) is 0 Å². The predicted molar refractivity (Wildman–Crippen MR) is 109 cm³/mol. The number of ether oxygens (including phenoxy) is 2. The first kappa shape index (κ1) is 18.4. The molecule has 3 aromatic rings. The van der Waals surface area contributed by atoms with Gasteiger partial charge < -0.3 is 19.4 Å². The molecule has 4 rings (SSSR count). The first-order valence-electron chi connectivity index (χ1n) is 9.59. The summed E-state index contributed by atoms with van der Waals surface area (Å²) in [6.07, 6.45) is 0. The van der Waals surface area contributed by atoms with Gasteiger partial charge in [-0.1, -0.05) is 18.2 Å². The maximum absolute atomic E-state index is 12.8. The Balaban J connectivity index is 1.24. The summed E-state index contributed by atoms with van der Waals surface area (Å²) >= 11 is 0. The van der Waals surface area contributed by atoms with Crippen molar-refractivity contribution in [3.8, 4) is 11.5 Å². The first-order valence-corrected chi connectivity index (χ1v) is 9.59. The molecule has 0 atom stereocenters. The topological polar surface area (TPSA) is 57.8 Å². The normalized spacial score (nSPS) is 15.0. The number of benzene rings is 2. The van der Waals surface area contributed by atoms with Crippen molar-refractivity contribution < 1.29 is 14.3 Å². The Hall–Kier alpha value is -2.99. The molecule has 2 heterocycles. The highest BCUT2D eigenvalue weighted by Gasteiger charge is 2.23. The number of hydrogen-bond donors (Lipinski definition) is 1. The van der Waals surface area contributed by atoms with Crippen LogP contribution in [0.5, 0.6) is 11.5 Å². The van der Waals surface area contributed by atoms with Gasteiger partial charge in [0.25, 0.3) is 5.91 Å². The van der Waals surface area contributed by atoms with E-state index in [2.05, 4.69) is 9.88 Å². The minimum Gasteiger partial charge on any atom is -0.497 e. The van der Waals surface area contributed by atoms with Crippen molar-refractivity contribution >= 4 is 16.8 Å². The van der Waals surface area contributed by atoms with Gasteiger partial charge in [0, 0.05) is 43.6 Å². The van der Waals surface area contributed by atoms with Crippen LogP contribution in [0.15, 0.2) is 54.6 Å². The smallest absolute Gasteiger partial charge is 0.270 e. The van der Waals surface area contributed by atoms with E-state index in [1.807, 2.05) is 59.5 Å². The van der Waals surface area contributed by atoms with Crippen LogP contribution in [0.4, 0.5) is 0 Å². The van der Waals surface area contributed by atoms with Crippen molar-refractivity contribution in [3.05, 3.63) is 60.3 Å². The molecule has 2 aromatic carbocycles. The number of aromatic amines is 1. The lowest BCUT2D eigenvalue weighted by Gasteiger charge is -2.34. The second-order valence-corrected chi connectivity index (χ2v) is 6.93. The standard InChI is InChI=1S/C22H25N3O3/c1-27-18-6-8-19(9-7-18)28-15-14-24-10-12-25(13-11-24)22(26)21-16-17-4-2-3-5-20(17)23-21/h2-9,16,23H,10-15H2,1H3. The van der Waals surface area contributed by atoms with Gasteiger partial charge in [-0.25, -0.2) is 0 Å². The molecule has 1 fully saturated rings. The number of nitrogens with one attached hydrogen (secondary N) is 1. The van der Waals surface area contributed by atoms with Crippen LogP contribution in [0.1, 0.15) is 10.5 Å². The number of hydrogen-bond acceptors (Lipinski definition) is 4. The SMILES string of the molecule is COc1ccc(OCCN2CCN(C(=O)c3cc4ccccc4[nH]3)CC2)cc1. The number of carbonyl (C=O) groups excluding carboxylic acids is 1. The Kier molecular flexibility index (Phi) is 5.48. The Morgan fingerprint density at radius 3 is 2.43 bits per heavy atom. The molecule has 1 saturated heterocycles. The summed E-state index contributed by atoms with van der Waals surface area (Å²) in [4.78, 5) is 20.3. The molecule has 0 unspecified atom stereocenters. The molecular formula is C22H25N3O3. The second kappa shape index (κ2) is 8.35. The summed E-state index contributed by atoms with van der Waals surface area (Å²) < 4.78 is 11.0. The molecule has 1 aromatic heterocycles. The quantitative estimate of drug-likeness (QED) is 0.715. The van der Waals surface area contributed by atoms with Crippen LogP contribution in [0.3, 0.4) is 0 Å². The molecule has 1 aliphatic heterocycles. The zero-order chi connectivity index (χ0) is 19.3. The highest BCUT2D eigenvalue weighted by Crippen LogP contribution is 2.18. The predicted octanol–water partition coefficient (Wildman–Crippen LogP) is 3.01. The van der Waals surface area contributed by atoms with E-state index in [1.165, 1.54) is 0 Å². The molecule has 0 aliphatic carbocycles. The zero-order valence-corrected chi connectivity index (χ0v) is 16.1. The fourth-order valence-electron chi connectivity index (χ4n) is 3.50. The Bertz CT molecular complexity index is 895. The maximum Gasteiger partial charge on any atom is 0.270 e. The van der Waals surface area contributed by atoms with Gasteiger partial charge in [0.05, 0.1) is 7.11 Å². The van der Waals surface area contributed by atoms with Crippen LogP contribution in [0.2, 0.25) is 0 Å². The van der Waals surface area contributed by atoms with E-state index in [4.69, 9.17) is 9.47 Å². The highest BCUT2D eigenvalue weighted by atomic mass is 16.5. The third kappa shape index (κ3) is 4.12. The maximum atomic E-state index is 12.8. The molecule has 146 valence electrons. The van der Waals surface area contributed by atoms with Crippen LogP contribution in [-0.4, -0.2) is 67.1 Å². The summed E-state index contributed by atoms with van der Waals surface area (Å²) in [5, 5.41) is 1.07. The monoisotopic (exact) mass is 379 g/mol. The molecule has 0 bridgehead atoms. The number of para-hydroxylation sites is 1. The van der Waals surface area contributed by atoms with Crippen LogP contribution >= 0.6 is 0 Å². The van der Waals surface area contributed by atoms with Crippen LogP contribution in [-0.2, 0) is 0 Å². The number of amides is 1. The summed E-state index contributed by atoms with van der Waals surface area (Å²) in [6.45, 7) is 4.66. The number of piperazine rings is 1. The average molecular weight is 379 g/mol. The van der Waals surface area contributed by atoms with Gasteiger partial charge in [-0.05, 0) is 36.4 Å². The molecule has 1 amide bonds. The Morgan fingerprint density at radius 2 is 1.71 bits per heavy atom. The van der Waals surface area contributed by atoms with Crippen molar-refractivity contribution in [1.82, 2.24) is 14.8 Å². The fourth-order valence-corrected chi connectivity index (χ4v) is 3.50. The number of aromatic nitrogens is 1. The number of nitrogens with zero attached hydrogens (tertiary/aromatic N) is 2. The van der Waals surface area contributed by atoms with E-state index >= 15 is 0 Å². The molecule has 6 heteroatoms. The van der Waals surface area contributed by atoms with Crippen LogP contribution < -0.4 is 9.47 Å². The highest BCUT2D eigenvalue weighted by molar-refractivity contribution is 5.98. The van der Waals surface area contributed by atoms with Gasteiger partial charge in [-0.3, -0.25) is 9.69 Å². The molecule has 0 radical (unpaired) electrons. The van der Waals surface area contributed by atoms with E-state index in [0.717, 1.165) is 55.1 Å². The molecule has 28 heavy (non-hydrogen) atoms. The summed E-state index contributed by atoms with van der Waals surface area (Å²) in [6, 6.07) is 17.5. The van der Waals surface area contributed by atoms with Gasteiger partial charge in [-0.15, -0.1) is 0 Å². The number of methoxy groups -OCH3 is 1. The van der Waals surface area contributed by atoms with E-state index in [9.17, 15) is 4.79 Å². The van der Waals surface area contributed by atoms with Crippen molar-refractivity contribution in [2.24, 2.45) is 0 Å².